The predicted molar refractivity (Wildman–Crippen MR) is 72.2 cm³/mol. The zero-order valence-electron chi connectivity index (χ0n) is 10.7. The van der Waals surface area contributed by atoms with Crippen LogP contribution >= 0.6 is 11.8 Å². The molecule has 0 saturated heterocycles. The molecule has 19 heavy (non-hydrogen) atoms. The summed E-state index contributed by atoms with van der Waals surface area (Å²) in [7, 11) is 1.87. The van der Waals surface area contributed by atoms with Gasteiger partial charge in [-0.25, -0.2) is 13.8 Å². The molecule has 0 fully saturated rings. The van der Waals surface area contributed by atoms with E-state index >= 15 is 0 Å². The number of nitrogens with zero attached hydrogens (tertiary/aromatic N) is 1. The van der Waals surface area contributed by atoms with E-state index in [0.29, 0.717) is 9.92 Å². The zero-order chi connectivity index (χ0) is 13.8. The summed E-state index contributed by atoms with van der Waals surface area (Å²) in [6.07, 6.45) is 1.69. The molecule has 1 N–H and O–H groups in total. The van der Waals surface area contributed by atoms with E-state index in [9.17, 15) is 8.78 Å². The van der Waals surface area contributed by atoms with Gasteiger partial charge >= 0.3 is 0 Å². The molecule has 1 aromatic heterocycles. The Labute approximate surface area is 115 Å². The number of aromatic nitrogens is 1. The number of benzene rings is 1. The molecule has 0 saturated carbocycles. The van der Waals surface area contributed by atoms with Crippen LogP contribution in [0.25, 0.3) is 0 Å². The third kappa shape index (κ3) is 3.52. The topological polar surface area (TPSA) is 24.9 Å². The van der Waals surface area contributed by atoms with E-state index < -0.39 is 11.6 Å². The standard InChI is InChI=1S/C14H14F2N2S/c1-9(17-2)10-5-6-18-14(7-10)19-13-4-3-11(15)8-12(13)16/h3-9,17H,1-2H3. The summed E-state index contributed by atoms with van der Waals surface area (Å²) in [6, 6.07) is 7.54. The highest BCUT2D eigenvalue weighted by molar-refractivity contribution is 7.99. The van der Waals surface area contributed by atoms with Gasteiger partial charge in [0.25, 0.3) is 0 Å². The summed E-state index contributed by atoms with van der Waals surface area (Å²) in [6.45, 7) is 2.03. The van der Waals surface area contributed by atoms with Crippen molar-refractivity contribution < 1.29 is 8.78 Å². The summed E-state index contributed by atoms with van der Waals surface area (Å²) >= 11 is 1.18. The molecule has 2 nitrogen and oxygen atoms in total. The molecule has 0 amide bonds. The van der Waals surface area contributed by atoms with Crippen LogP contribution in [0.5, 0.6) is 0 Å². The lowest BCUT2D eigenvalue weighted by Crippen LogP contribution is -2.12. The molecule has 0 aliphatic rings. The van der Waals surface area contributed by atoms with Crippen LogP contribution in [0.15, 0.2) is 46.5 Å². The lowest BCUT2D eigenvalue weighted by atomic mass is 10.1. The number of rotatable bonds is 4. The van der Waals surface area contributed by atoms with E-state index in [4.69, 9.17) is 0 Å². The number of hydrogen-bond donors (Lipinski definition) is 1. The minimum Gasteiger partial charge on any atom is -0.313 e. The van der Waals surface area contributed by atoms with Gasteiger partial charge in [0.05, 0.1) is 0 Å². The number of nitrogens with one attached hydrogen (secondary N) is 1. The minimum absolute atomic E-state index is 0.195. The van der Waals surface area contributed by atoms with E-state index in [2.05, 4.69) is 10.3 Å². The fourth-order valence-corrected chi connectivity index (χ4v) is 2.41. The Bertz CT molecular complexity index is 575. The molecule has 1 heterocycles. The van der Waals surface area contributed by atoms with Crippen molar-refractivity contribution in [1.29, 1.82) is 0 Å². The van der Waals surface area contributed by atoms with Crippen LogP contribution < -0.4 is 5.32 Å². The average Bonchev–Trinajstić information content (AvgIpc) is 2.41. The fraction of sp³-hybridized carbons (Fsp3) is 0.214. The molecule has 1 unspecified atom stereocenters. The first kappa shape index (κ1) is 14.0. The van der Waals surface area contributed by atoms with E-state index in [1.54, 1.807) is 6.20 Å². The van der Waals surface area contributed by atoms with Gasteiger partial charge in [0.2, 0.25) is 0 Å². The Morgan fingerprint density at radius 3 is 2.68 bits per heavy atom. The molecule has 0 bridgehead atoms. The van der Waals surface area contributed by atoms with Crippen LogP contribution in [-0.4, -0.2) is 12.0 Å². The van der Waals surface area contributed by atoms with Crippen molar-refractivity contribution in [2.75, 3.05) is 7.05 Å². The van der Waals surface area contributed by atoms with Gasteiger partial charge in [0.15, 0.2) is 0 Å². The minimum atomic E-state index is -0.577. The quantitative estimate of drug-likeness (QED) is 0.922. The van der Waals surface area contributed by atoms with Gasteiger partial charge in [-0.2, -0.15) is 0 Å². The highest BCUT2D eigenvalue weighted by Gasteiger charge is 2.09. The lowest BCUT2D eigenvalue weighted by molar-refractivity contribution is 0.565. The Morgan fingerprint density at radius 1 is 1.21 bits per heavy atom. The van der Waals surface area contributed by atoms with Crippen LogP contribution in [-0.2, 0) is 0 Å². The molecule has 0 spiro atoms. The van der Waals surface area contributed by atoms with Crippen molar-refractivity contribution in [3.8, 4) is 0 Å². The normalized spacial score (nSPS) is 12.4. The second-order valence-corrected chi connectivity index (χ2v) is 5.18. The fourth-order valence-electron chi connectivity index (χ4n) is 1.59. The lowest BCUT2D eigenvalue weighted by Gasteiger charge is -2.11. The molecule has 2 aromatic rings. The zero-order valence-corrected chi connectivity index (χ0v) is 11.5. The molecule has 0 radical (unpaired) electrons. The van der Waals surface area contributed by atoms with E-state index in [1.807, 2.05) is 26.1 Å². The second kappa shape index (κ2) is 6.12. The maximum Gasteiger partial charge on any atom is 0.140 e. The molecule has 1 aromatic carbocycles. The summed E-state index contributed by atoms with van der Waals surface area (Å²) < 4.78 is 26.4. The van der Waals surface area contributed by atoms with E-state index in [-0.39, 0.29) is 6.04 Å². The Balaban J connectivity index is 2.23. The van der Waals surface area contributed by atoms with E-state index in [1.165, 1.54) is 23.9 Å². The van der Waals surface area contributed by atoms with Crippen molar-refractivity contribution in [3.63, 3.8) is 0 Å². The first-order chi connectivity index (χ1) is 9.10. The van der Waals surface area contributed by atoms with Crippen LogP contribution in [0, 0.1) is 11.6 Å². The monoisotopic (exact) mass is 280 g/mol. The molecule has 1 atom stereocenters. The highest BCUT2D eigenvalue weighted by atomic mass is 32.2. The van der Waals surface area contributed by atoms with Crippen molar-refractivity contribution >= 4 is 11.8 Å². The van der Waals surface area contributed by atoms with Gasteiger partial charge in [0.1, 0.15) is 16.7 Å². The molecule has 5 heteroatoms. The van der Waals surface area contributed by atoms with E-state index in [0.717, 1.165) is 11.6 Å². The Kier molecular flexibility index (Phi) is 4.50. The number of hydrogen-bond acceptors (Lipinski definition) is 3. The summed E-state index contributed by atoms with van der Waals surface area (Å²) in [4.78, 5) is 4.55. The predicted octanol–water partition coefficient (Wildman–Crippen LogP) is 3.79. The van der Waals surface area contributed by atoms with Crippen LogP contribution in [0.3, 0.4) is 0 Å². The van der Waals surface area contributed by atoms with Gasteiger partial charge in [-0.15, -0.1) is 0 Å². The van der Waals surface area contributed by atoms with Crippen molar-refractivity contribution in [3.05, 3.63) is 53.7 Å². The summed E-state index contributed by atoms with van der Waals surface area (Å²) in [5.41, 5.74) is 1.07. The van der Waals surface area contributed by atoms with Gasteiger partial charge < -0.3 is 5.32 Å². The third-order valence-electron chi connectivity index (χ3n) is 2.80. The molecular weight excluding hydrogens is 266 g/mol. The van der Waals surface area contributed by atoms with Crippen molar-refractivity contribution in [2.45, 2.75) is 22.9 Å². The average molecular weight is 280 g/mol. The first-order valence-electron chi connectivity index (χ1n) is 5.86. The third-order valence-corrected chi connectivity index (χ3v) is 3.78. The maximum atomic E-state index is 13.6. The molecule has 0 aliphatic carbocycles. The number of halogens is 2. The molecule has 2 rings (SSSR count). The number of pyridine rings is 1. The summed E-state index contributed by atoms with van der Waals surface area (Å²) in [5.74, 6) is -1.15. The van der Waals surface area contributed by atoms with Gasteiger partial charge in [-0.3, -0.25) is 0 Å². The molecule has 100 valence electrons. The summed E-state index contributed by atoms with van der Waals surface area (Å²) in [5, 5.41) is 3.82. The largest absolute Gasteiger partial charge is 0.313 e. The smallest absolute Gasteiger partial charge is 0.140 e. The first-order valence-corrected chi connectivity index (χ1v) is 6.68. The van der Waals surface area contributed by atoms with Crippen molar-refractivity contribution in [2.24, 2.45) is 0 Å². The van der Waals surface area contributed by atoms with Crippen molar-refractivity contribution in [1.82, 2.24) is 10.3 Å². The maximum absolute atomic E-state index is 13.6. The van der Waals surface area contributed by atoms with Crippen LogP contribution in [0.1, 0.15) is 18.5 Å². The van der Waals surface area contributed by atoms with Crippen LogP contribution in [0.4, 0.5) is 8.78 Å². The van der Waals surface area contributed by atoms with Gasteiger partial charge in [0, 0.05) is 23.2 Å². The van der Waals surface area contributed by atoms with Gasteiger partial charge in [-0.05, 0) is 43.8 Å². The Hall–Kier alpha value is -1.46. The highest BCUT2D eigenvalue weighted by Crippen LogP contribution is 2.29. The SMILES string of the molecule is CNC(C)c1ccnc(Sc2ccc(F)cc2F)c1. The molecular formula is C14H14F2N2S. The van der Waals surface area contributed by atoms with Crippen LogP contribution in [0.2, 0.25) is 0 Å². The molecule has 0 aliphatic heterocycles. The van der Waals surface area contributed by atoms with Gasteiger partial charge in [-0.1, -0.05) is 11.8 Å². The second-order valence-electron chi connectivity index (χ2n) is 4.11. The Morgan fingerprint density at radius 2 is 2.00 bits per heavy atom.